The molecule has 0 bridgehead atoms. The van der Waals surface area contributed by atoms with Crippen LogP contribution in [0.5, 0.6) is 0 Å². The molecule has 24 heavy (non-hydrogen) atoms. The van der Waals surface area contributed by atoms with Gasteiger partial charge in [-0.3, -0.25) is 0 Å². The summed E-state index contributed by atoms with van der Waals surface area (Å²) in [6, 6.07) is 8.59. The van der Waals surface area contributed by atoms with E-state index in [2.05, 4.69) is 51.5 Å². The normalized spacial score (nSPS) is 20.6. The third kappa shape index (κ3) is 2.88. The number of hydrogen-bond acceptors (Lipinski definition) is 5. The van der Waals surface area contributed by atoms with E-state index in [0.29, 0.717) is 13.0 Å². The van der Waals surface area contributed by atoms with Gasteiger partial charge in [0, 0.05) is 6.54 Å². The molecule has 1 fully saturated rings. The number of β-amino-alcohol motifs (C(OH)–C–C–N with tert-alkyl or cyclic N) is 1. The molecule has 5 nitrogen and oxygen atoms in total. The van der Waals surface area contributed by atoms with Crippen LogP contribution in [-0.4, -0.2) is 32.7 Å². The molecule has 1 aliphatic rings. The summed E-state index contributed by atoms with van der Waals surface area (Å²) in [5, 5.41) is 14.0. The molecule has 0 amide bonds. The van der Waals surface area contributed by atoms with E-state index >= 15 is 0 Å². The first-order valence-electron chi connectivity index (χ1n) is 8.11. The summed E-state index contributed by atoms with van der Waals surface area (Å²) in [6.07, 6.45) is 2.28. The highest BCUT2D eigenvalue weighted by molar-refractivity contribution is 7.15. The van der Waals surface area contributed by atoms with E-state index in [1.54, 1.807) is 11.3 Å². The standard InChI is InChI=1S/C18H20N4OS/c1-10-17(24-11(2)21-10)13-5-3-12(4-6-13)16-9-20-18(22-16)15-7-14(23)8-19-15/h3-6,9,14-15,19,23H,7-8H2,1-2H3,(H,20,22)/t14-,15+/m1/s1. The Labute approximate surface area is 144 Å². The molecule has 1 saturated heterocycles. The van der Waals surface area contributed by atoms with E-state index in [0.717, 1.165) is 27.8 Å². The lowest BCUT2D eigenvalue weighted by Gasteiger charge is -2.06. The van der Waals surface area contributed by atoms with Crippen LogP contribution in [0, 0.1) is 13.8 Å². The monoisotopic (exact) mass is 340 g/mol. The number of aliphatic hydroxyl groups excluding tert-OH is 1. The second kappa shape index (κ2) is 6.12. The topological polar surface area (TPSA) is 73.8 Å². The first-order chi connectivity index (χ1) is 11.6. The lowest BCUT2D eigenvalue weighted by atomic mass is 10.1. The molecule has 0 saturated carbocycles. The highest BCUT2D eigenvalue weighted by Gasteiger charge is 2.25. The van der Waals surface area contributed by atoms with Gasteiger partial charge in [-0.1, -0.05) is 24.3 Å². The van der Waals surface area contributed by atoms with Gasteiger partial charge in [0.05, 0.1) is 39.6 Å². The third-order valence-electron chi connectivity index (χ3n) is 4.39. The van der Waals surface area contributed by atoms with Crippen molar-refractivity contribution >= 4 is 11.3 Å². The molecule has 3 heterocycles. The van der Waals surface area contributed by atoms with Gasteiger partial charge in [-0.25, -0.2) is 9.97 Å². The quantitative estimate of drug-likeness (QED) is 0.684. The highest BCUT2D eigenvalue weighted by Crippen LogP contribution is 2.31. The van der Waals surface area contributed by atoms with Crippen LogP contribution in [0.1, 0.15) is 29.0 Å². The smallest absolute Gasteiger partial charge is 0.123 e. The fourth-order valence-corrected chi connectivity index (χ4v) is 4.11. The molecule has 2 aromatic heterocycles. The van der Waals surface area contributed by atoms with Gasteiger partial charge < -0.3 is 15.4 Å². The molecule has 0 radical (unpaired) electrons. The van der Waals surface area contributed by atoms with E-state index in [1.807, 2.05) is 13.1 Å². The first-order valence-corrected chi connectivity index (χ1v) is 8.93. The predicted octanol–water partition coefficient (Wildman–Crippen LogP) is 3.21. The lowest BCUT2D eigenvalue weighted by Crippen LogP contribution is -2.15. The Balaban J connectivity index is 1.57. The molecule has 1 aromatic carbocycles. The molecule has 0 unspecified atom stereocenters. The van der Waals surface area contributed by atoms with Crippen LogP contribution in [0.2, 0.25) is 0 Å². The van der Waals surface area contributed by atoms with Gasteiger partial charge in [0.1, 0.15) is 5.82 Å². The van der Waals surface area contributed by atoms with E-state index in [-0.39, 0.29) is 12.1 Å². The Kier molecular flexibility index (Phi) is 3.96. The summed E-state index contributed by atoms with van der Waals surface area (Å²) in [6.45, 7) is 4.72. The van der Waals surface area contributed by atoms with Crippen LogP contribution in [0.4, 0.5) is 0 Å². The Morgan fingerprint density at radius 1 is 1.17 bits per heavy atom. The summed E-state index contributed by atoms with van der Waals surface area (Å²) in [7, 11) is 0. The molecule has 124 valence electrons. The van der Waals surface area contributed by atoms with Gasteiger partial charge in [-0.05, 0) is 31.4 Å². The van der Waals surface area contributed by atoms with Gasteiger partial charge in [-0.15, -0.1) is 11.3 Å². The number of aromatic amines is 1. The number of aliphatic hydroxyl groups is 1. The molecule has 6 heteroatoms. The Hall–Kier alpha value is -2.02. The van der Waals surface area contributed by atoms with Crippen LogP contribution < -0.4 is 5.32 Å². The van der Waals surface area contributed by atoms with Crippen molar-refractivity contribution in [1.82, 2.24) is 20.3 Å². The van der Waals surface area contributed by atoms with Gasteiger partial charge in [-0.2, -0.15) is 0 Å². The largest absolute Gasteiger partial charge is 0.392 e. The maximum Gasteiger partial charge on any atom is 0.123 e. The van der Waals surface area contributed by atoms with Crippen LogP contribution in [0.15, 0.2) is 30.5 Å². The van der Waals surface area contributed by atoms with E-state index < -0.39 is 0 Å². The average Bonchev–Trinajstić information content (AvgIpc) is 3.27. The zero-order valence-electron chi connectivity index (χ0n) is 13.7. The number of rotatable bonds is 3. The highest BCUT2D eigenvalue weighted by atomic mass is 32.1. The number of hydrogen-bond donors (Lipinski definition) is 3. The summed E-state index contributed by atoms with van der Waals surface area (Å²) in [4.78, 5) is 13.6. The van der Waals surface area contributed by atoms with Crippen molar-refractivity contribution in [2.24, 2.45) is 0 Å². The molecule has 3 aromatic rings. The van der Waals surface area contributed by atoms with Crippen molar-refractivity contribution in [3.05, 3.63) is 47.0 Å². The van der Waals surface area contributed by atoms with Crippen LogP contribution in [0.25, 0.3) is 21.7 Å². The molecule has 4 rings (SSSR count). The number of thiazole rings is 1. The van der Waals surface area contributed by atoms with Crippen LogP contribution in [-0.2, 0) is 0 Å². The molecule has 0 aliphatic carbocycles. The summed E-state index contributed by atoms with van der Waals surface area (Å²) >= 11 is 1.73. The minimum Gasteiger partial charge on any atom is -0.392 e. The maximum absolute atomic E-state index is 9.64. The van der Waals surface area contributed by atoms with E-state index in [1.165, 1.54) is 10.4 Å². The molecular weight excluding hydrogens is 320 g/mol. The fraction of sp³-hybridized carbons (Fsp3) is 0.333. The predicted molar refractivity (Wildman–Crippen MR) is 96.0 cm³/mol. The second-order valence-corrected chi connectivity index (χ2v) is 7.46. The molecule has 2 atom stereocenters. The summed E-state index contributed by atoms with van der Waals surface area (Å²) in [5.74, 6) is 0.888. The lowest BCUT2D eigenvalue weighted by molar-refractivity contribution is 0.193. The van der Waals surface area contributed by atoms with Gasteiger partial charge in [0.15, 0.2) is 0 Å². The Morgan fingerprint density at radius 3 is 2.54 bits per heavy atom. The molecular formula is C18H20N4OS. The Morgan fingerprint density at radius 2 is 1.92 bits per heavy atom. The first kappa shape index (κ1) is 15.5. The number of benzene rings is 1. The number of nitrogens with zero attached hydrogens (tertiary/aromatic N) is 2. The second-order valence-electron chi connectivity index (χ2n) is 6.26. The number of aromatic nitrogens is 3. The van der Waals surface area contributed by atoms with Crippen molar-refractivity contribution in [3.8, 4) is 21.7 Å². The summed E-state index contributed by atoms with van der Waals surface area (Å²) < 4.78 is 0. The zero-order valence-corrected chi connectivity index (χ0v) is 14.5. The summed E-state index contributed by atoms with van der Waals surface area (Å²) in [5.41, 5.74) is 4.38. The SMILES string of the molecule is Cc1nc(C)c(-c2ccc(-c3cnc([C@@H]4C[C@@H](O)CN4)[nH]3)cc2)s1. The molecule has 3 N–H and O–H groups in total. The van der Waals surface area contributed by atoms with E-state index in [4.69, 9.17) is 0 Å². The number of nitrogens with one attached hydrogen (secondary N) is 2. The van der Waals surface area contributed by atoms with Gasteiger partial charge >= 0.3 is 0 Å². The molecule has 0 spiro atoms. The number of imidazole rings is 1. The Bertz CT molecular complexity index is 852. The average molecular weight is 340 g/mol. The van der Waals surface area contributed by atoms with Crippen LogP contribution in [0.3, 0.4) is 0 Å². The van der Waals surface area contributed by atoms with Crippen molar-refractivity contribution in [3.63, 3.8) is 0 Å². The minimum atomic E-state index is -0.283. The van der Waals surface area contributed by atoms with Crippen molar-refractivity contribution in [1.29, 1.82) is 0 Å². The van der Waals surface area contributed by atoms with Gasteiger partial charge in [0.25, 0.3) is 0 Å². The van der Waals surface area contributed by atoms with Crippen molar-refractivity contribution in [2.45, 2.75) is 32.4 Å². The van der Waals surface area contributed by atoms with Gasteiger partial charge in [0.2, 0.25) is 0 Å². The maximum atomic E-state index is 9.64. The fourth-order valence-electron chi connectivity index (χ4n) is 3.19. The molecule has 1 aliphatic heterocycles. The third-order valence-corrected chi connectivity index (χ3v) is 5.52. The number of aryl methyl sites for hydroxylation is 2. The number of H-pyrrole nitrogens is 1. The minimum absolute atomic E-state index is 0.107. The van der Waals surface area contributed by atoms with E-state index in [9.17, 15) is 5.11 Å². The van der Waals surface area contributed by atoms with Crippen molar-refractivity contribution in [2.75, 3.05) is 6.54 Å². The van der Waals surface area contributed by atoms with Crippen molar-refractivity contribution < 1.29 is 5.11 Å². The zero-order chi connectivity index (χ0) is 16.7. The van der Waals surface area contributed by atoms with Crippen LogP contribution >= 0.6 is 11.3 Å².